The maximum atomic E-state index is 6.41. The van der Waals surface area contributed by atoms with Crippen molar-refractivity contribution in [2.45, 2.75) is 50.1 Å². The van der Waals surface area contributed by atoms with Gasteiger partial charge in [0.25, 0.3) is 0 Å². The molecule has 0 radical (unpaired) electrons. The summed E-state index contributed by atoms with van der Waals surface area (Å²) in [7, 11) is 1.78. The Morgan fingerprint density at radius 1 is 1.33 bits per heavy atom. The highest BCUT2D eigenvalue weighted by Gasteiger charge is 2.36. The average Bonchev–Trinajstić information content (AvgIpc) is 2.98. The fourth-order valence-corrected chi connectivity index (χ4v) is 2.68. The summed E-state index contributed by atoms with van der Waals surface area (Å²) in [6.07, 6.45) is 7.78. The van der Waals surface area contributed by atoms with Gasteiger partial charge in [-0.05, 0) is 25.7 Å². The van der Waals surface area contributed by atoms with E-state index in [4.69, 9.17) is 10.5 Å². The van der Waals surface area contributed by atoms with Crippen molar-refractivity contribution in [3.63, 3.8) is 0 Å². The van der Waals surface area contributed by atoms with Crippen LogP contribution in [0.4, 0.5) is 0 Å². The highest BCUT2D eigenvalue weighted by molar-refractivity contribution is 4.95. The van der Waals surface area contributed by atoms with Gasteiger partial charge >= 0.3 is 0 Å². The highest BCUT2D eigenvalue weighted by atomic mass is 16.5. The smallest absolute Gasteiger partial charge is 0.0589 e. The van der Waals surface area contributed by atoms with Crippen molar-refractivity contribution >= 4 is 0 Å². The zero-order valence-corrected chi connectivity index (χ0v) is 9.87. The van der Waals surface area contributed by atoms with Crippen molar-refractivity contribution in [1.82, 2.24) is 4.90 Å². The molecule has 2 saturated carbocycles. The van der Waals surface area contributed by atoms with Gasteiger partial charge in [-0.1, -0.05) is 12.8 Å². The van der Waals surface area contributed by atoms with Gasteiger partial charge in [0.15, 0.2) is 0 Å². The van der Waals surface area contributed by atoms with E-state index in [2.05, 4.69) is 4.90 Å². The van der Waals surface area contributed by atoms with Crippen molar-refractivity contribution in [1.29, 1.82) is 0 Å². The van der Waals surface area contributed by atoms with Crippen LogP contribution < -0.4 is 5.73 Å². The Morgan fingerprint density at radius 3 is 2.53 bits per heavy atom. The van der Waals surface area contributed by atoms with Crippen LogP contribution in [0.5, 0.6) is 0 Å². The Bertz CT molecular complexity index is 198. The average molecular weight is 212 g/mol. The second-order valence-electron chi connectivity index (χ2n) is 5.26. The van der Waals surface area contributed by atoms with Crippen molar-refractivity contribution < 1.29 is 4.74 Å². The third-order valence-corrected chi connectivity index (χ3v) is 3.76. The van der Waals surface area contributed by atoms with Crippen LogP contribution in [0.25, 0.3) is 0 Å². The Morgan fingerprint density at radius 2 is 2.00 bits per heavy atom. The van der Waals surface area contributed by atoms with Gasteiger partial charge in [-0.15, -0.1) is 0 Å². The molecule has 2 fully saturated rings. The third kappa shape index (κ3) is 3.16. The van der Waals surface area contributed by atoms with Crippen LogP contribution in [0.15, 0.2) is 0 Å². The van der Waals surface area contributed by atoms with Gasteiger partial charge in [-0.2, -0.15) is 0 Å². The third-order valence-electron chi connectivity index (χ3n) is 3.76. The number of hydrogen-bond acceptors (Lipinski definition) is 3. The number of hydrogen-bond donors (Lipinski definition) is 1. The van der Waals surface area contributed by atoms with Gasteiger partial charge < -0.3 is 10.5 Å². The van der Waals surface area contributed by atoms with Crippen LogP contribution in [0.2, 0.25) is 0 Å². The first-order chi connectivity index (χ1) is 7.23. The van der Waals surface area contributed by atoms with Crippen LogP contribution in [-0.4, -0.2) is 43.3 Å². The molecule has 2 aliphatic rings. The molecule has 2 aliphatic carbocycles. The molecule has 15 heavy (non-hydrogen) atoms. The molecule has 3 heteroatoms. The number of nitrogens with two attached hydrogens (primary N) is 1. The number of nitrogens with zero attached hydrogens (tertiary/aromatic N) is 1. The van der Waals surface area contributed by atoms with Crippen LogP contribution in [0.3, 0.4) is 0 Å². The summed E-state index contributed by atoms with van der Waals surface area (Å²) < 4.78 is 5.17. The van der Waals surface area contributed by atoms with E-state index in [9.17, 15) is 0 Å². The Hall–Kier alpha value is -0.120. The predicted octanol–water partition coefficient (Wildman–Crippen LogP) is 1.37. The first-order valence-electron chi connectivity index (χ1n) is 6.25. The molecule has 2 rings (SSSR count). The molecule has 0 spiro atoms. The van der Waals surface area contributed by atoms with Crippen molar-refractivity contribution in [3.8, 4) is 0 Å². The summed E-state index contributed by atoms with van der Waals surface area (Å²) in [5.41, 5.74) is 6.52. The van der Waals surface area contributed by atoms with Gasteiger partial charge in [-0.25, -0.2) is 0 Å². The fraction of sp³-hybridized carbons (Fsp3) is 1.00. The molecular formula is C12H24N2O. The van der Waals surface area contributed by atoms with Crippen LogP contribution in [0, 0.1) is 0 Å². The van der Waals surface area contributed by atoms with Gasteiger partial charge in [-0.3, -0.25) is 4.90 Å². The normalized spacial score (nSPS) is 25.0. The monoisotopic (exact) mass is 212 g/mol. The molecular weight excluding hydrogens is 188 g/mol. The fourth-order valence-electron chi connectivity index (χ4n) is 2.68. The molecule has 0 amide bonds. The maximum Gasteiger partial charge on any atom is 0.0589 e. The SMILES string of the molecule is COCCN(CC1(N)CCCC1)C1CC1. The number of ether oxygens (including phenoxy) is 1. The second-order valence-corrected chi connectivity index (χ2v) is 5.26. The Labute approximate surface area is 93.0 Å². The molecule has 0 heterocycles. The molecule has 0 aromatic carbocycles. The summed E-state index contributed by atoms with van der Waals surface area (Å²) >= 11 is 0. The topological polar surface area (TPSA) is 38.5 Å². The minimum atomic E-state index is 0.107. The Balaban J connectivity index is 1.82. The van der Waals surface area contributed by atoms with E-state index >= 15 is 0 Å². The lowest BCUT2D eigenvalue weighted by atomic mass is 9.98. The summed E-state index contributed by atoms with van der Waals surface area (Å²) in [6.45, 7) is 2.98. The minimum Gasteiger partial charge on any atom is -0.383 e. The van der Waals surface area contributed by atoms with Crippen molar-refractivity contribution in [2.24, 2.45) is 5.73 Å². The molecule has 0 aliphatic heterocycles. The number of methoxy groups -OCH3 is 1. The van der Waals surface area contributed by atoms with E-state index in [1.54, 1.807) is 7.11 Å². The van der Waals surface area contributed by atoms with E-state index in [0.717, 1.165) is 25.7 Å². The first-order valence-corrected chi connectivity index (χ1v) is 6.25. The first kappa shape index (κ1) is 11.4. The van der Waals surface area contributed by atoms with Crippen LogP contribution >= 0.6 is 0 Å². The molecule has 0 aromatic heterocycles. The molecule has 0 aromatic rings. The highest BCUT2D eigenvalue weighted by Crippen LogP contribution is 2.32. The van der Waals surface area contributed by atoms with E-state index in [0.29, 0.717) is 0 Å². The van der Waals surface area contributed by atoms with E-state index in [-0.39, 0.29) is 5.54 Å². The van der Waals surface area contributed by atoms with E-state index in [1.165, 1.54) is 38.5 Å². The lowest BCUT2D eigenvalue weighted by molar-refractivity contribution is 0.125. The summed E-state index contributed by atoms with van der Waals surface area (Å²) in [5, 5.41) is 0. The molecule has 0 bridgehead atoms. The lowest BCUT2D eigenvalue weighted by Gasteiger charge is -2.32. The summed E-state index contributed by atoms with van der Waals surface area (Å²) in [6, 6.07) is 0.807. The van der Waals surface area contributed by atoms with Crippen LogP contribution in [-0.2, 0) is 4.74 Å². The molecule has 0 saturated heterocycles. The molecule has 0 atom stereocenters. The quantitative estimate of drug-likeness (QED) is 0.722. The van der Waals surface area contributed by atoms with Gasteiger partial charge in [0.2, 0.25) is 0 Å². The molecule has 0 unspecified atom stereocenters. The minimum absolute atomic E-state index is 0.107. The van der Waals surface area contributed by atoms with Crippen LogP contribution in [0.1, 0.15) is 38.5 Å². The second kappa shape index (κ2) is 4.81. The molecule has 88 valence electrons. The van der Waals surface area contributed by atoms with E-state index < -0.39 is 0 Å². The standard InChI is InChI=1S/C12H24N2O/c1-15-9-8-14(11-4-5-11)10-12(13)6-2-3-7-12/h11H,2-10,13H2,1H3. The largest absolute Gasteiger partial charge is 0.383 e. The summed E-state index contributed by atoms with van der Waals surface area (Å²) in [4.78, 5) is 2.55. The zero-order chi connectivity index (χ0) is 10.7. The molecule has 2 N–H and O–H groups in total. The van der Waals surface area contributed by atoms with Crippen molar-refractivity contribution in [3.05, 3.63) is 0 Å². The molecule has 3 nitrogen and oxygen atoms in total. The lowest BCUT2D eigenvalue weighted by Crippen LogP contribution is -2.49. The van der Waals surface area contributed by atoms with E-state index in [1.807, 2.05) is 0 Å². The zero-order valence-electron chi connectivity index (χ0n) is 9.87. The van der Waals surface area contributed by atoms with Gasteiger partial charge in [0.1, 0.15) is 0 Å². The number of rotatable bonds is 6. The van der Waals surface area contributed by atoms with Crippen molar-refractivity contribution in [2.75, 3.05) is 26.8 Å². The predicted molar refractivity (Wildman–Crippen MR) is 61.9 cm³/mol. The maximum absolute atomic E-state index is 6.41. The Kier molecular flexibility index (Phi) is 3.65. The van der Waals surface area contributed by atoms with Gasteiger partial charge in [0, 0.05) is 31.8 Å². The summed E-state index contributed by atoms with van der Waals surface area (Å²) in [5.74, 6) is 0. The van der Waals surface area contributed by atoms with Gasteiger partial charge in [0.05, 0.1) is 6.61 Å².